The van der Waals surface area contributed by atoms with Crippen LogP contribution < -0.4 is 5.32 Å². The molecule has 2 aliphatic rings. The third-order valence-corrected chi connectivity index (χ3v) is 5.37. The van der Waals surface area contributed by atoms with Crippen molar-refractivity contribution in [2.24, 2.45) is 17.8 Å². The van der Waals surface area contributed by atoms with Gasteiger partial charge < -0.3 is 14.8 Å². The van der Waals surface area contributed by atoms with Gasteiger partial charge in [0, 0.05) is 29.2 Å². The van der Waals surface area contributed by atoms with Crippen LogP contribution in [0.25, 0.3) is 22.3 Å². The van der Waals surface area contributed by atoms with E-state index in [0.717, 1.165) is 22.9 Å². The maximum absolute atomic E-state index is 12.3. The number of fused-ring (bicyclic) bond motifs is 3. The van der Waals surface area contributed by atoms with E-state index < -0.39 is 0 Å². The van der Waals surface area contributed by atoms with Gasteiger partial charge in [0.15, 0.2) is 0 Å². The van der Waals surface area contributed by atoms with Crippen molar-refractivity contribution in [3.05, 3.63) is 48.5 Å². The lowest BCUT2D eigenvalue weighted by Crippen LogP contribution is -2.31. The maximum Gasteiger partial charge on any atom is 0.316 e. The summed E-state index contributed by atoms with van der Waals surface area (Å²) in [5.74, 6) is 1.98. The van der Waals surface area contributed by atoms with Gasteiger partial charge in [-0.2, -0.15) is 4.98 Å². The molecule has 2 heterocycles. The summed E-state index contributed by atoms with van der Waals surface area (Å²) in [6.07, 6.45) is 8.86. The second-order valence-corrected chi connectivity index (χ2v) is 6.95. The van der Waals surface area contributed by atoms with E-state index >= 15 is 0 Å². The Morgan fingerprint density at radius 3 is 3.08 bits per heavy atom. The first-order valence-corrected chi connectivity index (χ1v) is 8.64. The van der Waals surface area contributed by atoms with Crippen LogP contribution in [0.5, 0.6) is 0 Å². The third-order valence-electron chi connectivity index (χ3n) is 5.37. The molecular weight excluding hydrogens is 316 g/mol. The van der Waals surface area contributed by atoms with Crippen molar-refractivity contribution in [3.63, 3.8) is 0 Å². The Bertz CT molecular complexity index is 971. The minimum absolute atomic E-state index is 0.0165. The zero-order valence-electron chi connectivity index (χ0n) is 13.6. The van der Waals surface area contributed by atoms with Gasteiger partial charge in [0.2, 0.25) is 5.82 Å². The van der Waals surface area contributed by atoms with Crippen molar-refractivity contribution in [1.29, 1.82) is 0 Å². The first-order chi connectivity index (χ1) is 12.3. The second kappa shape index (κ2) is 5.58. The average Bonchev–Trinajstić information content (AvgIpc) is 3.42. The zero-order chi connectivity index (χ0) is 16.8. The van der Waals surface area contributed by atoms with Crippen LogP contribution in [0, 0.1) is 17.8 Å². The van der Waals surface area contributed by atoms with Crippen LogP contribution in [0.1, 0.15) is 23.5 Å². The van der Waals surface area contributed by atoms with Gasteiger partial charge in [-0.1, -0.05) is 17.3 Å². The number of hydrogen-bond donors (Lipinski definition) is 2. The molecule has 0 spiro atoms. The van der Waals surface area contributed by atoms with E-state index in [1.807, 2.05) is 30.5 Å². The molecule has 1 amide bonds. The van der Waals surface area contributed by atoms with Gasteiger partial charge in [-0.3, -0.25) is 4.79 Å². The fourth-order valence-corrected chi connectivity index (χ4v) is 4.05. The minimum atomic E-state index is -0.298. The lowest BCUT2D eigenvalue weighted by Gasteiger charge is -2.17. The van der Waals surface area contributed by atoms with Crippen molar-refractivity contribution in [3.8, 4) is 11.4 Å². The maximum atomic E-state index is 12.3. The predicted octanol–water partition coefficient (Wildman–Crippen LogP) is 3.16. The second-order valence-electron chi connectivity index (χ2n) is 6.95. The molecule has 1 saturated carbocycles. The van der Waals surface area contributed by atoms with Gasteiger partial charge in [0.1, 0.15) is 0 Å². The van der Waals surface area contributed by atoms with E-state index in [1.165, 1.54) is 6.42 Å². The fraction of sp³-hybridized carbons (Fsp3) is 0.316. The molecule has 3 atom stereocenters. The predicted molar refractivity (Wildman–Crippen MR) is 92.8 cm³/mol. The van der Waals surface area contributed by atoms with E-state index in [9.17, 15) is 4.79 Å². The normalized spacial score (nSPS) is 24.2. The Hall–Kier alpha value is -2.89. The number of aromatic amines is 1. The van der Waals surface area contributed by atoms with Gasteiger partial charge in [-0.05, 0) is 54.9 Å². The topological polar surface area (TPSA) is 83.8 Å². The molecule has 1 aromatic carbocycles. The molecule has 5 rings (SSSR count). The van der Waals surface area contributed by atoms with Crippen LogP contribution in [-0.4, -0.2) is 27.6 Å². The number of aromatic nitrogens is 3. The molecule has 0 radical (unpaired) electrons. The molecule has 6 nitrogen and oxygen atoms in total. The summed E-state index contributed by atoms with van der Waals surface area (Å²) >= 11 is 0. The van der Waals surface area contributed by atoms with E-state index in [1.54, 1.807) is 0 Å². The van der Waals surface area contributed by atoms with Gasteiger partial charge in [-0.25, -0.2) is 0 Å². The van der Waals surface area contributed by atoms with E-state index in [-0.39, 0.29) is 11.8 Å². The molecule has 25 heavy (non-hydrogen) atoms. The van der Waals surface area contributed by atoms with Gasteiger partial charge >= 0.3 is 11.8 Å². The van der Waals surface area contributed by atoms with Crippen molar-refractivity contribution in [1.82, 2.24) is 20.4 Å². The third kappa shape index (κ3) is 2.54. The number of nitrogens with one attached hydrogen (secondary N) is 2. The molecule has 0 aliphatic heterocycles. The van der Waals surface area contributed by atoms with Crippen molar-refractivity contribution >= 4 is 16.8 Å². The van der Waals surface area contributed by atoms with Gasteiger partial charge in [0.05, 0.1) is 0 Å². The summed E-state index contributed by atoms with van der Waals surface area (Å²) in [5, 5.41) is 7.96. The number of carbonyl (C=O) groups excluding carboxylic acids is 1. The minimum Gasteiger partial charge on any atom is -0.361 e. The molecule has 0 unspecified atom stereocenters. The smallest absolute Gasteiger partial charge is 0.316 e. The molecule has 3 aromatic rings. The highest BCUT2D eigenvalue weighted by atomic mass is 16.5. The fourth-order valence-electron chi connectivity index (χ4n) is 4.05. The summed E-state index contributed by atoms with van der Waals surface area (Å²) in [4.78, 5) is 19.7. The molecular formula is C19H18N4O2. The van der Waals surface area contributed by atoms with Crippen LogP contribution in [0.3, 0.4) is 0 Å². The highest BCUT2D eigenvalue weighted by molar-refractivity contribution is 5.90. The van der Waals surface area contributed by atoms with Crippen molar-refractivity contribution in [2.75, 3.05) is 6.54 Å². The van der Waals surface area contributed by atoms with Crippen LogP contribution in [-0.2, 0) is 0 Å². The molecule has 2 N–H and O–H groups in total. The van der Waals surface area contributed by atoms with Crippen LogP contribution in [0.4, 0.5) is 0 Å². The number of amides is 1. The largest absolute Gasteiger partial charge is 0.361 e. The van der Waals surface area contributed by atoms with Gasteiger partial charge in [-0.15, -0.1) is 0 Å². The first-order valence-electron chi connectivity index (χ1n) is 8.64. The Morgan fingerprint density at radius 2 is 2.24 bits per heavy atom. The quantitative estimate of drug-likeness (QED) is 0.718. The molecule has 2 bridgehead atoms. The Labute approximate surface area is 144 Å². The number of nitrogens with zero attached hydrogens (tertiary/aromatic N) is 2. The molecule has 0 saturated heterocycles. The molecule has 1 fully saturated rings. The number of benzene rings is 1. The standard InChI is InChI=1S/C19H18N4O2/c24-18(21-10-15-8-11-1-2-12(15)7-11)19-22-17(23-25-19)14-3-4-16-13(9-14)5-6-20-16/h1-6,9,11-12,15,20H,7-8,10H2,(H,21,24)/t11-,12+,15+/m1/s1. The summed E-state index contributed by atoms with van der Waals surface area (Å²) in [7, 11) is 0. The molecule has 6 heteroatoms. The Kier molecular flexibility index (Phi) is 3.23. The van der Waals surface area contributed by atoms with E-state index in [0.29, 0.717) is 30.1 Å². The molecule has 2 aromatic heterocycles. The first kappa shape index (κ1) is 14.5. The lowest BCUT2D eigenvalue weighted by atomic mass is 9.94. The zero-order valence-corrected chi connectivity index (χ0v) is 13.6. The summed E-state index contributed by atoms with van der Waals surface area (Å²) in [6.45, 7) is 0.664. The van der Waals surface area contributed by atoms with Crippen LogP contribution in [0.15, 0.2) is 47.1 Å². The number of allylic oxidation sites excluding steroid dienone is 2. The average molecular weight is 334 g/mol. The monoisotopic (exact) mass is 334 g/mol. The number of H-pyrrole nitrogens is 1. The van der Waals surface area contributed by atoms with Crippen molar-refractivity contribution < 1.29 is 9.32 Å². The number of carbonyl (C=O) groups is 1. The van der Waals surface area contributed by atoms with Crippen molar-refractivity contribution in [2.45, 2.75) is 12.8 Å². The van der Waals surface area contributed by atoms with Gasteiger partial charge in [0.25, 0.3) is 0 Å². The summed E-state index contributed by atoms with van der Waals surface area (Å²) in [6, 6.07) is 7.83. The van der Waals surface area contributed by atoms with Crippen LogP contribution in [0.2, 0.25) is 0 Å². The molecule has 2 aliphatic carbocycles. The number of hydrogen-bond acceptors (Lipinski definition) is 4. The summed E-state index contributed by atoms with van der Waals surface area (Å²) in [5.41, 5.74) is 1.87. The highest BCUT2D eigenvalue weighted by Crippen LogP contribution is 2.42. The van der Waals surface area contributed by atoms with Crippen LogP contribution >= 0.6 is 0 Å². The Morgan fingerprint density at radius 1 is 1.28 bits per heavy atom. The Balaban J connectivity index is 1.28. The SMILES string of the molecule is O=C(NC[C@@H]1C[C@@H]2C=C[C@H]1C2)c1nc(-c2ccc3[nH]ccc3c2)no1. The highest BCUT2D eigenvalue weighted by Gasteiger charge is 2.35. The summed E-state index contributed by atoms with van der Waals surface area (Å²) < 4.78 is 5.16. The number of rotatable bonds is 4. The van der Waals surface area contributed by atoms with E-state index in [2.05, 4.69) is 32.6 Å². The van der Waals surface area contributed by atoms with E-state index in [4.69, 9.17) is 4.52 Å². The lowest BCUT2D eigenvalue weighted by molar-refractivity contribution is 0.0901. The molecule has 126 valence electrons.